The van der Waals surface area contributed by atoms with Gasteiger partial charge in [-0.1, -0.05) is 19.1 Å². The van der Waals surface area contributed by atoms with E-state index in [4.69, 9.17) is 5.73 Å². The van der Waals surface area contributed by atoms with Gasteiger partial charge in [0.05, 0.1) is 0 Å². The third-order valence-electron chi connectivity index (χ3n) is 3.59. The average molecular weight is 207 g/mol. The van der Waals surface area contributed by atoms with Gasteiger partial charge in [-0.15, -0.1) is 0 Å². The van der Waals surface area contributed by atoms with E-state index in [0.717, 1.165) is 24.3 Å². The average Bonchev–Trinajstić information content (AvgIpc) is 2.24. The summed E-state index contributed by atoms with van der Waals surface area (Å²) in [4.78, 5) is 0. The van der Waals surface area contributed by atoms with E-state index in [2.05, 4.69) is 6.92 Å². The van der Waals surface area contributed by atoms with Crippen molar-refractivity contribution in [1.29, 1.82) is 0 Å². The lowest BCUT2D eigenvalue weighted by atomic mass is 9.74. The Labute approximate surface area is 90.5 Å². The Morgan fingerprint density at radius 2 is 1.73 bits per heavy atom. The molecule has 2 heteroatoms. The Kier molecular flexibility index (Phi) is 2.79. The number of nitrogens with two attached hydrogens (primary N) is 1. The van der Waals surface area contributed by atoms with Crippen LogP contribution in [-0.4, -0.2) is 0 Å². The van der Waals surface area contributed by atoms with Crippen LogP contribution in [0.4, 0.5) is 4.39 Å². The minimum Gasteiger partial charge on any atom is -0.321 e. The van der Waals surface area contributed by atoms with Crippen molar-refractivity contribution in [2.45, 2.75) is 38.1 Å². The van der Waals surface area contributed by atoms with Crippen molar-refractivity contribution in [3.05, 3.63) is 35.6 Å². The summed E-state index contributed by atoms with van der Waals surface area (Å²) in [6.45, 7) is 2.27. The fourth-order valence-corrected chi connectivity index (χ4v) is 2.35. The summed E-state index contributed by atoms with van der Waals surface area (Å²) in [6.07, 6.45) is 4.38. The Bertz CT molecular complexity index is 323. The van der Waals surface area contributed by atoms with Crippen LogP contribution in [0.1, 0.15) is 38.2 Å². The van der Waals surface area contributed by atoms with Gasteiger partial charge in [0, 0.05) is 5.54 Å². The van der Waals surface area contributed by atoms with Crippen LogP contribution in [0.25, 0.3) is 0 Å². The van der Waals surface area contributed by atoms with E-state index in [1.165, 1.54) is 25.0 Å². The second kappa shape index (κ2) is 3.93. The molecule has 82 valence electrons. The molecular formula is C13H18FN. The van der Waals surface area contributed by atoms with Gasteiger partial charge in [-0.05, 0) is 49.3 Å². The first kappa shape index (κ1) is 10.6. The Morgan fingerprint density at radius 1 is 1.20 bits per heavy atom. The highest BCUT2D eigenvalue weighted by Gasteiger charge is 2.31. The fraction of sp³-hybridized carbons (Fsp3) is 0.538. The highest BCUT2D eigenvalue weighted by Crippen LogP contribution is 2.37. The molecule has 0 spiro atoms. The molecule has 2 rings (SSSR count). The maximum absolute atomic E-state index is 12.8. The van der Waals surface area contributed by atoms with Gasteiger partial charge in [0.1, 0.15) is 5.82 Å². The SMILES string of the molecule is CC1CCC(N)(c2ccc(F)cc2)CC1. The third-order valence-corrected chi connectivity index (χ3v) is 3.59. The van der Waals surface area contributed by atoms with Gasteiger partial charge < -0.3 is 5.73 Å². The smallest absolute Gasteiger partial charge is 0.123 e. The molecule has 0 bridgehead atoms. The lowest BCUT2D eigenvalue weighted by molar-refractivity contribution is 0.248. The van der Waals surface area contributed by atoms with Gasteiger partial charge in [-0.25, -0.2) is 4.39 Å². The highest BCUT2D eigenvalue weighted by atomic mass is 19.1. The maximum atomic E-state index is 12.8. The summed E-state index contributed by atoms with van der Waals surface area (Å²) < 4.78 is 12.8. The molecule has 1 aromatic rings. The molecule has 0 amide bonds. The van der Waals surface area contributed by atoms with E-state index in [0.29, 0.717) is 0 Å². The van der Waals surface area contributed by atoms with Crippen LogP contribution < -0.4 is 5.73 Å². The zero-order valence-corrected chi connectivity index (χ0v) is 9.17. The molecule has 1 nitrogen and oxygen atoms in total. The summed E-state index contributed by atoms with van der Waals surface area (Å²) in [5.41, 5.74) is 7.23. The van der Waals surface area contributed by atoms with Gasteiger partial charge >= 0.3 is 0 Å². The van der Waals surface area contributed by atoms with Gasteiger partial charge in [0.2, 0.25) is 0 Å². The molecule has 1 aliphatic carbocycles. The molecule has 0 aromatic heterocycles. The Balaban J connectivity index is 2.18. The largest absolute Gasteiger partial charge is 0.321 e. The molecule has 0 saturated heterocycles. The van der Waals surface area contributed by atoms with Gasteiger partial charge in [-0.3, -0.25) is 0 Å². The molecule has 15 heavy (non-hydrogen) atoms. The summed E-state index contributed by atoms with van der Waals surface area (Å²) in [5, 5.41) is 0. The molecular weight excluding hydrogens is 189 g/mol. The number of hydrogen-bond acceptors (Lipinski definition) is 1. The van der Waals surface area contributed by atoms with E-state index in [1.54, 1.807) is 0 Å². The summed E-state index contributed by atoms with van der Waals surface area (Å²) in [6, 6.07) is 6.65. The summed E-state index contributed by atoms with van der Waals surface area (Å²) >= 11 is 0. The predicted molar refractivity (Wildman–Crippen MR) is 59.9 cm³/mol. The molecule has 2 N–H and O–H groups in total. The minimum atomic E-state index is -0.222. The molecule has 1 fully saturated rings. The molecule has 0 aliphatic heterocycles. The van der Waals surface area contributed by atoms with Gasteiger partial charge in [0.15, 0.2) is 0 Å². The van der Waals surface area contributed by atoms with Crippen molar-refractivity contribution in [2.75, 3.05) is 0 Å². The minimum absolute atomic E-state index is 0.188. The van der Waals surface area contributed by atoms with E-state index < -0.39 is 0 Å². The lowest BCUT2D eigenvalue weighted by Crippen LogP contribution is -2.40. The zero-order chi connectivity index (χ0) is 10.9. The number of benzene rings is 1. The Morgan fingerprint density at radius 3 is 2.27 bits per heavy atom. The normalized spacial score (nSPS) is 31.5. The number of rotatable bonds is 1. The van der Waals surface area contributed by atoms with Gasteiger partial charge in [-0.2, -0.15) is 0 Å². The predicted octanol–water partition coefficient (Wildman–Crippen LogP) is 3.19. The van der Waals surface area contributed by atoms with E-state index >= 15 is 0 Å². The zero-order valence-electron chi connectivity index (χ0n) is 9.17. The van der Waals surface area contributed by atoms with Crippen LogP contribution in [0.3, 0.4) is 0 Å². The van der Waals surface area contributed by atoms with Crippen LogP contribution >= 0.6 is 0 Å². The van der Waals surface area contributed by atoms with E-state index in [1.807, 2.05) is 12.1 Å². The molecule has 1 aromatic carbocycles. The van der Waals surface area contributed by atoms with E-state index in [9.17, 15) is 4.39 Å². The lowest BCUT2D eigenvalue weighted by Gasteiger charge is -2.36. The quantitative estimate of drug-likeness (QED) is 0.752. The van der Waals surface area contributed by atoms with Crippen LogP contribution in [0.2, 0.25) is 0 Å². The standard InChI is InChI=1S/C13H18FN/c1-10-6-8-13(15,9-7-10)11-2-4-12(14)5-3-11/h2-5,10H,6-9,15H2,1H3. The maximum Gasteiger partial charge on any atom is 0.123 e. The molecule has 0 heterocycles. The highest BCUT2D eigenvalue weighted by molar-refractivity contribution is 5.25. The van der Waals surface area contributed by atoms with Crippen molar-refractivity contribution in [3.63, 3.8) is 0 Å². The van der Waals surface area contributed by atoms with Crippen molar-refractivity contribution >= 4 is 0 Å². The monoisotopic (exact) mass is 207 g/mol. The second-order valence-corrected chi connectivity index (χ2v) is 4.85. The first-order valence-corrected chi connectivity index (χ1v) is 5.65. The third kappa shape index (κ3) is 2.20. The summed E-state index contributed by atoms with van der Waals surface area (Å²) in [7, 11) is 0. The molecule has 0 unspecified atom stereocenters. The van der Waals surface area contributed by atoms with Crippen LogP contribution in [0.5, 0.6) is 0 Å². The molecule has 0 radical (unpaired) electrons. The molecule has 1 aliphatic rings. The van der Waals surface area contributed by atoms with Crippen molar-refractivity contribution in [3.8, 4) is 0 Å². The van der Waals surface area contributed by atoms with Crippen molar-refractivity contribution in [2.24, 2.45) is 11.7 Å². The Hall–Kier alpha value is -0.890. The van der Waals surface area contributed by atoms with Crippen molar-refractivity contribution in [1.82, 2.24) is 0 Å². The topological polar surface area (TPSA) is 26.0 Å². The second-order valence-electron chi connectivity index (χ2n) is 4.85. The number of halogens is 1. The first-order valence-electron chi connectivity index (χ1n) is 5.65. The van der Waals surface area contributed by atoms with E-state index in [-0.39, 0.29) is 11.4 Å². The van der Waals surface area contributed by atoms with Gasteiger partial charge in [0.25, 0.3) is 0 Å². The van der Waals surface area contributed by atoms with Crippen LogP contribution in [-0.2, 0) is 5.54 Å². The number of hydrogen-bond donors (Lipinski definition) is 1. The van der Waals surface area contributed by atoms with Crippen molar-refractivity contribution < 1.29 is 4.39 Å². The first-order chi connectivity index (χ1) is 7.10. The molecule has 0 atom stereocenters. The summed E-state index contributed by atoms with van der Waals surface area (Å²) in [5.74, 6) is 0.591. The molecule has 1 saturated carbocycles. The van der Waals surface area contributed by atoms with Crippen LogP contribution in [0.15, 0.2) is 24.3 Å². The fourth-order valence-electron chi connectivity index (χ4n) is 2.35. The van der Waals surface area contributed by atoms with Crippen LogP contribution in [0, 0.1) is 11.7 Å².